The molecule has 0 bridgehead atoms. The van der Waals surface area contributed by atoms with E-state index < -0.39 is 0 Å². The van der Waals surface area contributed by atoms with Crippen LogP contribution in [0.2, 0.25) is 0 Å². The molecule has 2 rings (SSSR count). The monoisotopic (exact) mass is 268 g/mol. The maximum absolute atomic E-state index is 12.2. The van der Waals surface area contributed by atoms with Crippen molar-refractivity contribution in [3.05, 3.63) is 64.5 Å². The number of hydrogen-bond acceptors (Lipinski definition) is 3. The summed E-state index contributed by atoms with van der Waals surface area (Å²) >= 11 is 0. The quantitative estimate of drug-likeness (QED) is 0.518. The van der Waals surface area contributed by atoms with Gasteiger partial charge in [0.25, 0.3) is 5.91 Å². The Bertz CT molecular complexity index is 678. The van der Waals surface area contributed by atoms with Crippen LogP contribution in [0.5, 0.6) is 5.75 Å². The number of carbonyl (C=O) groups excluding carboxylic acids is 1. The third-order valence-corrected chi connectivity index (χ3v) is 2.66. The number of ether oxygens (including phenoxy) is 1. The molecule has 1 N–H and O–H groups in total. The standard InChI is InChI=1S/C14H12N4O2/c1-20-13-9-5-4-8-12(13)16-14(19)10-6-2-3-7-11(10)17-18-15/h2-9H,1H3,(H,16,19). The predicted octanol–water partition coefficient (Wildman–Crippen LogP) is 3.89. The van der Waals surface area contributed by atoms with E-state index in [0.717, 1.165) is 0 Å². The summed E-state index contributed by atoms with van der Waals surface area (Å²) < 4.78 is 5.16. The molecule has 20 heavy (non-hydrogen) atoms. The first-order valence-corrected chi connectivity index (χ1v) is 5.84. The van der Waals surface area contributed by atoms with Gasteiger partial charge in [-0.3, -0.25) is 4.79 Å². The molecule has 0 atom stereocenters. The first kappa shape index (κ1) is 13.5. The molecule has 100 valence electrons. The molecular formula is C14H12N4O2. The Labute approximate surface area is 115 Å². The molecule has 0 spiro atoms. The number of para-hydroxylation sites is 2. The fourth-order valence-electron chi connectivity index (χ4n) is 1.74. The lowest BCUT2D eigenvalue weighted by molar-refractivity contribution is 0.102. The normalized spacial score (nSPS) is 9.45. The van der Waals surface area contributed by atoms with E-state index in [-0.39, 0.29) is 11.6 Å². The molecule has 6 nitrogen and oxygen atoms in total. The molecule has 2 aromatic carbocycles. The summed E-state index contributed by atoms with van der Waals surface area (Å²) in [7, 11) is 1.53. The Morgan fingerprint density at radius 3 is 2.65 bits per heavy atom. The van der Waals surface area contributed by atoms with E-state index in [1.807, 2.05) is 6.07 Å². The SMILES string of the molecule is COc1ccccc1NC(=O)c1ccccc1N=[N+]=[N-]. The van der Waals surface area contributed by atoms with Crippen molar-refractivity contribution in [3.8, 4) is 5.75 Å². The highest BCUT2D eigenvalue weighted by Crippen LogP contribution is 2.25. The van der Waals surface area contributed by atoms with Gasteiger partial charge in [-0.25, -0.2) is 0 Å². The maximum Gasteiger partial charge on any atom is 0.256 e. The van der Waals surface area contributed by atoms with Gasteiger partial charge < -0.3 is 10.1 Å². The maximum atomic E-state index is 12.2. The fourth-order valence-corrected chi connectivity index (χ4v) is 1.74. The van der Waals surface area contributed by atoms with Crippen LogP contribution in [0.15, 0.2) is 53.6 Å². The number of anilines is 1. The number of carbonyl (C=O) groups is 1. The lowest BCUT2D eigenvalue weighted by Crippen LogP contribution is -2.12. The first-order chi connectivity index (χ1) is 9.76. The van der Waals surface area contributed by atoms with Gasteiger partial charge in [0.15, 0.2) is 0 Å². The summed E-state index contributed by atoms with van der Waals surface area (Å²) in [5.41, 5.74) is 9.64. The van der Waals surface area contributed by atoms with Gasteiger partial charge in [-0.2, -0.15) is 0 Å². The third-order valence-electron chi connectivity index (χ3n) is 2.66. The van der Waals surface area contributed by atoms with Gasteiger partial charge in [0.2, 0.25) is 0 Å². The van der Waals surface area contributed by atoms with Crippen LogP contribution in [0.3, 0.4) is 0 Å². The second kappa shape index (κ2) is 6.26. The predicted molar refractivity (Wildman–Crippen MR) is 76.2 cm³/mol. The van der Waals surface area contributed by atoms with Crippen LogP contribution in [-0.2, 0) is 0 Å². The summed E-state index contributed by atoms with van der Waals surface area (Å²) in [5.74, 6) is 0.194. The zero-order chi connectivity index (χ0) is 14.4. The minimum absolute atomic E-state index is 0.280. The number of methoxy groups -OCH3 is 1. The van der Waals surface area contributed by atoms with Crippen LogP contribution in [0.1, 0.15) is 10.4 Å². The highest BCUT2D eigenvalue weighted by atomic mass is 16.5. The molecule has 0 aromatic heterocycles. The number of rotatable bonds is 4. The van der Waals surface area contributed by atoms with Gasteiger partial charge in [-0.15, -0.1) is 0 Å². The van der Waals surface area contributed by atoms with E-state index in [4.69, 9.17) is 10.3 Å². The fraction of sp³-hybridized carbons (Fsp3) is 0.0714. The van der Waals surface area contributed by atoms with Crippen LogP contribution in [0.25, 0.3) is 10.4 Å². The first-order valence-electron chi connectivity index (χ1n) is 5.84. The molecule has 0 aliphatic heterocycles. The largest absolute Gasteiger partial charge is 0.495 e. The van der Waals surface area contributed by atoms with Gasteiger partial charge in [-0.1, -0.05) is 35.4 Å². The average Bonchev–Trinajstić information content (AvgIpc) is 2.48. The number of hydrogen-bond donors (Lipinski definition) is 1. The summed E-state index contributed by atoms with van der Waals surface area (Å²) in [5, 5.41) is 6.23. The molecule has 0 saturated carbocycles. The number of amides is 1. The molecule has 6 heteroatoms. The molecule has 0 fully saturated rings. The molecule has 0 aliphatic rings. The van der Waals surface area contributed by atoms with E-state index >= 15 is 0 Å². The van der Waals surface area contributed by atoms with E-state index in [2.05, 4.69) is 15.3 Å². The molecule has 2 aromatic rings. The highest BCUT2D eigenvalue weighted by Gasteiger charge is 2.12. The number of nitrogens with one attached hydrogen (secondary N) is 1. The van der Waals surface area contributed by atoms with Crippen molar-refractivity contribution >= 4 is 17.3 Å². The lowest BCUT2D eigenvalue weighted by Gasteiger charge is -2.10. The van der Waals surface area contributed by atoms with Crippen molar-refractivity contribution in [2.24, 2.45) is 5.11 Å². The second-order valence-electron chi connectivity index (χ2n) is 3.86. The zero-order valence-electron chi connectivity index (χ0n) is 10.8. The van der Waals surface area contributed by atoms with Crippen molar-refractivity contribution in [2.75, 3.05) is 12.4 Å². The molecule has 0 heterocycles. The van der Waals surface area contributed by atoms with Crippen molar-refractivity contribution in [1.82, 2.24) is 0 Å². The number of azide groups is 1. The molecule has 0 aliphatic carbocycles. The Balaban J connectivity index is 2.31. The summed E-state index contributed by atoms with van der Waals surface area (Å²) in [6.07, 6.45) is 0. The number of benzene rings is 2. The Morgan fingerprint density at radius 2 is 1.90 bits per heavy atom. The van der Waals surface area contributed by atoms with Gasteiger partial charge >= 0.3 is 0 Å². The summed E-state index contributed by atoms with van der Waals surface area (Å²) in [6, 6.07) is 13.6. The van der Waals surface area contributed by atoms with Crippen LogP contribution in [0.4, 0.5) is 11.4 Å². The summed E-state index contributed by atoms with van der Waals surface area (Å²) in [4.78, 5) is 14.9. The van der Waals surface area contributed by atoms with E-state index in [1.165, 1.54) is 7.11 Å². The smallest absolute Gasteiger partial charge is 0.256 e. The molecule has 0 unspecified atom stereocenters. The molecular weight excluding hydrogens is 256 g/mol. The van der Waals surface area contributed by atoms with Crippen LogP contribution < -0.4 is 10.1 Å². The van der Waals surface area contributed by atoms with Gasteiger partial charge in [0.1, 0.15) is 5.75 Å². The van der Waals surface area contributed by atoms with E-state index in [9.17, 15) is 4.79 Å². The van der Waals surface area contributed by atoms with E-state index in [1.54, 1.807) is 42.5 Å². The second-order valence-corrected chi connectivity index (χ2v) is 3.86. The minimum atomic E-state index is -0.363. The lowest BCUT2D eigenvalue weighted by atomic mass is 10.1. The van der Waals surface area contributed by atoms with Crippen LogP contribution in [0, 0.1) is 0 Å². The highest BCUT2D eigenvalue weighted by molar-refractivity contribution is 6.08. The summed E-state index contributed by atoms with van der Waals surface area (Å²) in [6.45, 7) is 0. The average molecular weight is 268 g/mol. The van der Waals surface area contributed by atoms with Crippen LogP contribution in [-0.4, -0.2) is 13.0 Å². The van der Waals surface area contributed by atoms with Crippen LogP contribution >= 0.6 is 0 Å². The van der Waals surface area contributed by atoms with Crippen molar-refractivity contribution in [2.45, 2.75) is 0 Å². The van der Waals surface area contributed by atoms with Crippen molar-refractivity contribution in [3.63, 3.8) is 0 Å². The van der Waals surface area contributed by atoms with Crippen molar-refractivity contribution in [1.29, 1.82) is 0 Å². The minimum Gasteiger partial charge on any atom is -0.495 e. The molecule has 1 amide bonds. The Hall–Kier alpha value is -2.98. The van der Waals surface area contributed by atoms with Gasteiger partial charge in [-0.05, 0) is 23.7 Å². The number of nitrogens with zero attached hydrogens (tertiary/aromatic N) is 3. The van der Waals surface area contributed by atoms with Gasteiger partial charge in [0.05, 0.1) is 18.5 Å². The Kier molecular flexibility index (Phi) is 4.21. The van der Waals surface area contributed by atoms with E-state index in [0.29, 0.717) is 17.0 Å². The Morgan fingerprint density at radius 1 is 1.20 bits per heavy atom. The van der Waals surface area contributed by atoms with Gasteiger partial charge in [0, 0.05) is 10.5 Å². The molecule has 0 saturated heterocycles. The zero-order valence-corrected chi connectivity index (χ0v) is 10.8. The van der Waals surface area contributed by atoms with Crippen molar-refractivity contribution < 1.29 is 9.53 Å². The third kappa shape index (κ3) is 2.88. The molecule has 0 radical (unpaired) electrons. The topological polar surface area (TPSA) is 87.1 Å².